The molecule has 0 saturated carbocycles. The van der Waals surface area contributed by atoms with Crippen molar-refractivity contribution in [3.05, 3.63) is 80.5 Å². The summed E-state index contributed by atoms with van der Waals surface area (Å²) in [6.07, 6.45) is 1.56. The lowest BCUT2D eigenvalue weighted by molar-refractivity contribution is -0.422. The predicted octanol–water partition coefficient (Wildman–Crippen LogP) is 5.02. The minimum absolute atomic E-state index is 0.106. The minimum Gasteiger partial charge on any atom is -0.379 e. The maximum atomic E-state index is 10.8. The molecule has 2 heterocycles. The van der Waals surface area contributed by atoms with Crippen LogP contribution in [0.3, 0.4) is 0 Å². The Labute approximate surface area is 179 Å². The van der Waals surface area contributed by atoms with Crippen LogP contribution in [0.1, 0.15) is 18.1 Å². The number of ether oxygens (including phenoxy) is 1. The number of halogens is 1. The van der Waals surface area contributed by atoms with Gasteiger partial charge in [-0.1, -0.05) is 41.9 Å². The highest BCUT2D eigenvalue weighted by atomic mass is 35.5. The molecule has 2 aromatic carbocycles. The van der Waals surface area contributed by atoms with Gasteiger partial charge in [-0.05, 0) is 29.3 Å². The number of benzene rings is 2. The van der Waals surface area contributed by atoms with E-state index in [1.165, 1.54) is 12.5 Å². The second kappa shape index (κ2) is 8.92. The molecule has 1 saturated heterocycles. The molecule has 154 valence electrons. The number of rotatable bonds is 5. The fourth-order valence-corrected chi connectivity index (χ4v) is 3.76. The van der Waals surface area contributed by atoms with Gasteiger partial charge < -0.3 is 4.74 Å². The molecular weight excluding hydrogens is 402 g/mol. The van der Waals surface area contributed by atoms with Crippen molar-refractivity contribution in [1.29, 1.82) is 0 Å². The van der Waals surface area contributed by atoms with Crippen LogP contribution < -0.4 is 0 Å². The zero-order valence-electron chi connectivity index (χ0n) is 16.7. The van der Waals surface area contributed by atoms with Crippen molar-refractivity contribution in [1.82, 2.24) is 9.88 Å². The predicted molar refractivity (Wildman–Crippen MR) is 119 cm³/mol. The summed E-state index contributed by atoms with van der Waals surface area (Å²) in [6, 6.07) is 15.6. The van der Waals surface area contributed by atoms with Gasteiger partial charge in [0, 0.05) is 48.6 Å². The zero-order chi connectivity index (χ0) is 21.1. The van der Waals surface area contributed by atoms with E-state index < -0.39 is 0 Å². The van der Waals surface area contributed by atoms with Gasteiger partial charge in [-0.3, -0.25) is 15.0 Å². The highest BCUT2D eigenvalue weighted by Crippen LogP contribution is 2.28. The topological polar surface area (TPSA) is 68.5 Å². The highest BCUT2D eigenvalue weighted by molar-refractivity contribution is 6.31. The Morgan fingerprint density at radius 3 is 2.63 bits per heavy atom. The molecule has 0 bridgehead atoms. The summed E-state index contributed by atoms with van der Waals surface area (Å²) >= 11 is 6.23. The number of hydrogen-bond acceptors (Lipinski definition) is 5. The molecule has 3 aromatic rings. The second-order valence-electron chi connectivity index (χ2n) is 7.38. The van der Waals surface area contributed by atoms with Crippen LogP contribution in [0.2, 0.25) is 5.02 Å². The maximum absolute atomic E-state index is 10.8. The molecule has 0 radical (unpaired) electrons. The lowest BCUT2D eigenvalue weighted by Crippen LogP contribution is -2.35. The van der Waals surface area contributed by atoms with Crippen molar-refractivity contribution in [3.8, 4) is 11.3 Å². The summed E-state index contributed by atoms with van der Waals surface area (Å²) in [4.78, 5) is 17.7. The molecule has 1 aliphatic heterocycles. The van der Waals surface area contributed by atoms with Crippen LogP contribution in [0.15, 0.2) is 54.2 Å². The van der Waals surface area contributed by atoms with E-state index in [4.69, 9.17) is 21.3 Å². The largest absolute Gasteiger partial charge is 0.379 e. The van der Waals surface area contributed by atoms with Gasteiger partial charge in [-0.15, -0.1) is 0 Å². The van der Waals surface area contributed by atoms with E-state index in [-0.39, 0.29) is 10.6 Å². The normalized spacial score (nSPS) is 15.5. The highest BCUT2D eigenvalue weighted by Gasteiger charge is 2.15. The van der Waals surface area contributed by atoms with Crippen LogP contribution in [-0.2, 0) is 11.3 Å². The third-order valence-electron chi connectivity index (χ3n) is 5.23. The first kappa shape index (κ1) is 20.5. The fraction of sp³-hybridized carbons (Fsp3) is 0.261. The van der Waals surface area contributed by atoms with Gasteiger partial charge in [0.25, 0.3) is 0 Å². The third-order valence-corrected chi connectivity index (χ3v) is 5.46. The number of allylic oxidation sites excluding steroid dienone is 1. The summed E-state index contributed by atoms with van der Waals surface area (Å²) in [5.41, 5.74) is 4.75. The molecule has 0 N–H and O–H groups in total. The molecule has 4 rings (SSSR count). The van der Waals surface area contributed by atoms with Crippen LogP contribution >= 0.6 is 11.6 Å². The van der Waals surface area contributed by atoms with Gasteiger partial charge in [0.15, 0.2) is 0 Å². The molecule has 1 fully saturated rings. The molecule has 1 aliphatic rings. The van der Waals surface area contributed by atoms with Gasteiger partial charge >= 0.3 is 0 Å². The Morgan fingerprint density at radius 1 is 1.20 bits per heavy atom. The number of morpholine rings is 1. The zero-order valence-corrected chi connectivity index (χ0v) is 17.4. The van der Waals surface area contributed by atoms with Crippen LogP contribution in [0.25, 0.3) is 28.2 Å². The molecule has 0 unspecified atom stereocenters. The van der Waals surface area contributed by atoms with Crippen molar-refractivity contribution in [3.63, 3.8) is 0 Å². The number of nitrogens with zero attached hydrogens (tertiary/aromatic N) is 3. The van der Waals surface area contributed by atoms with E-state index in [2.05, 4.69) is 11.0 Å². The van der Waals surface area contributed by atoms with Crippen molar-refractivity contribution in [2.24, 2.45) is 0 Å². The average Bonchev–Trinajstić information content (AvgIpc) is 2.74. The van der Waals surface area contributed by atoms with E-state index in [1.807, 2.05) is 42.5 Å². The van der Waals surface area contributed by atoms with E-state index in [0.717, 1.165) is 60.6 Å². The molecule has 0 atom stereocenters. The van der Waals surface area contributed by atoms with Crippen LogP contribution in [-0.4, -0.2) is 41.1 Å². The van der Waals surface area contributed by atoms with Crippen molar-refractivity contribution in [2.75, 3.05) is 26.3 Å². The summed E-state index contributed by atoms with van der Waals surface area (Å²) in [6.45, 7) is 5.62. The number of hydrogen-bond donors (Lipinski definition) is 0. The molecule has 0 amide bonds. The Hall–Kier alpha value is -2.80. The van der Waals surface area contributed by atoms with Crippen LogP contribution in [0.4, 0.5) is 0 Å². The summed E-state index contributed by atoms with van der Waals surface area (Å²) in [5.74, 6) is 0. The number of aromatic nitrogens is 1. The monoisotopic (exact) mass is 423 g/mol. The lowest BCUT2D eigenvalue weighted by Gasteiger charge is -2.27. The average molecular weight is 424 g/mol. The number of nitro groups is 1. The minimum atomic E-state index is -0.388. The molecule has 0 spiro atoms. The summed E-state index contributed by atoms with van der Waals surface area (Å²) in [7, 11) is 0. The standard InChI is InChI=1S/C23H22ClN3O3/c1-16(27(28)29)12-17-2-4-18(5-3-17)22-13-19(15-26-8-10-30-11-9-26)21-7-6-20(24)14-23(21)25-22/h2-7,12-14H,8-11,15H2,1H3/b16-12+. The molecule has 7 heteroatoms. The van der Waals surface area contributed by atoms with Crippen LogP contribution in [0, 0.1) is 10.1 Å². The maximum Gasteiger partial charge on any atom is 0.243 e. The SMILES string of the molecule is C/C(=C\c1ccc(-c2cc(CN3CCOCC3)c3ccc(Cl)cc3n2)cc1)[N+](=O)[O-]. The molecule has 0 aliphatic carbocycles. The molecule has 1 aromatic heterocycles. The van der Waals surface area contributed by atoms with Gasteiger partial charge in [-0.2, -0.15) is 0 Å². The van der Waals surface area contributed by atoms with Gasteiger partial charge in [0.1, 0.15) is 0 Å². The number of fused-ring (bicyclic) bond motifs is 1. The smallest absolute Gasteiger partial charge is 0.243 e. The first-order chi connectivity index (χ1) is 14.5. The molecule has 30 heavy (non-hydrogen) atoms. The van der Waals surface area contributed by atoms with E-state index in [0.29, 0.717) is 5.02 Å². The number of pyridine rings is 1. The van der Waals surface area contributed by atoms with Gasteiger partial charge in [0.05, 0.1) is 29.3 Å². The van der Waals surface area contributed by atoms with Crippen LogP contribution in [0.5, 0.6) is 0 Å². The Morgan fingerprint density at radius 2 is 1.93 bits per heavy atom. The first-order valence-electron chi connectivity index (χ1n) is 9.82. The van der Waals surface area contributed by atoms with Crippen molar-refractivity contribution in [2.45, 2.75) is 13.5 Å². The van der Waals surface area contributed by atoms with Crippen molar-refractivity contribution < 1.29 is 9.66 Å². The van der Waals surface area contributed by atoms with E-state index in [1.54, 1.807) is 6.08 Å². The summed E-state index contributed by atoms with van der Waals surface area (Å²) < 4.78 is 5.47. The summed E-state index contributed by atoms with van der Waals surface area (Å²) in [5, 5.41) is 12.6. The quantitative estimate of drug-likeness (QED) is 0.425. The van der Waals surface area contributed by atoms with E-state index in [9.17, 15) is 10.1 Å². The van der Waals surface area contributed by atoms with Crippen molar-refractivity contribution >= 4 is 28.6 Å². The van der Waals surface area contributed by atoms with Gasteiger partial charge in [-0.25, -0.2) is 4.98 Å². The molecular formula is C23H22ClN3O3. The Balaban J connectivity index is 1.71. The lowest BCUT2D eigenvalue weighted by atomic mass is 10.0. The third kappa shape index (κ3) is 4.67. The van der Waals surface area contributed by atoms with E-state index >= 15 is 0 Å². The Kier molecular flexibility index (Phi) is 6.08. The van der Waals surface area contributed by atoms with Gasteiger partial charge in [0.2, 0.25) is 5.70 Å². The Bertz CT molecular complexity index is 1110. The second-order valence-corrected chi connectivity index (χ2v) is 7.82. The first-order valence-corrected chi connectivity index (χ1v) is 10.2. The molecule has 6 nitrogen and oxygen atoms in total. The fourth-order valence-electron chi connectivity index (χ4n) is 3.60.